The molecular weight excluding hydrogens is 306 g/mol. The SMILES string of the molecule is [2H]c1c([2H])c(Cn2c(C([2H])([2H])N3CC([2H])([2H])C([2H])([2H])C3)nc3ccccc32)c([2H])c([2H])c1Cl. The summed E-state index contributed by atoms with van der Waals surface area (Å²) in [6.07, 6.45) is -4.54. The lowest BCUT2D eigenvalue weighted by atomic mass is 10.2. The molecule has 1 aliphatic rings. The second kappa shape index (κ2) is 6.34. The molecule has 0 spiro atoms. The first-order chi connectivity index (χ1) is 15.2. The molecule has 0 amide bonds. The van der Waals surface area contributed by atoms with Gasteiger partial charge in [0.2, 0.25) is 0 Å². The van der Waals surface area contributed by atoms with Gasteiger partial charge in [0.05, 0.1) is 25.8 Å². The third kappa shape index (κ3) is 3.12. The van der Waals surface area contributed by atoms with Crippen LogP contribution in [-0.2, 0) is 13.0 Å². The summed E-state index contributed by atoms with van der Waals surface area (Å²) < 4.78 is 83.4. The van der Waals surface area contributed by atoms with Crippen LogP contribution in [0.1, 0.15) is 37.8 Å². The van der Waals surface area contributed by atoms with Gasteiger partial charge in [0, 0.05) is 17.1 Å². The van der Waals surface area contributed by atoms with Crippen molar-refractivity contribution in [3.8, 4) is 0 Å². The molecule has 0 saturated carbocycles. The van der Waals surface area contributed by atoms with Crippen LogP contribution in [0, 0.1) is 0 Å². The van der Waals surface area contributed by atoms with Crippen LogP contribution >= 0.6 is 11.6 Å². The van der Waals surface area contributed by atoms with Crippen molar-refractivity contribution >= 4 is 22.6 Å². The van der Waals surface area contributed by atoms with Gasteiger partial charge in [-0.25, -0.2) is 4.98 Å². The van der Waals surface area contributed by atoms with Crippen molar-refractivity contribution in [3.63, 3.8) is 0 Å². The third-order valence-electron chi connectivity index (χ3n) is 3.54. The van der Waals surface area contributed by atoms with Gasteiger partial charge in [-0.3, -0.25) is 4.90 Å². The van der Waals surface area contributed by atoms with Gasteiger partial charge >= 0.3 is 0 Å². The van der Waals surface area contributed by atoms with Crippen LogP contribution in [0.3, 0.4) is 0 Å². The van der Waals surface area contributed by atoms with Crippen LogP contribution in [0.2, 0.25) is 5.02 Å². The zero-order valence-electron chi connectivity index (χ0n) is 22.2. The maximum Gasteiger partial charge on any atom is 0.124 e. The largest absolute Gasteiger partial charge is 0.322 e. The van der Waals surface area contributed by atoms with Crippen LogP contribution in [0.25, 0.3) is 11.0 Å². The van der Waals surface area contributed by atoms with Gasteiger partial charge in [-0.1, -0.05) is 35.8 Å². The van der Waals surface area contributed by atoms with Gasteiger partial charge in [-0.05, 0) is 55.6 Å². The molecule has 0 aliphatic carbocycles. The Morgan fingerprint density at radius 3 is 2.70 bits per heavy atom. The first-order valence-corrected chi connectivity index (χ1v) is 7.52. The Morgan fingerprint density at radius 1 is 1.17 bits per heavy atom. The fraction of sp³-hybridized carbons (Fsp3) is 0.316. The monoisotopic (exact) mass is 335 g/mol. The Kier molecular flexibility index (Phi) is 2.03. The van der Waals surface area contributed by atoms with Crippen LogP contribution in [-0.4, -0.2) is 27.5 Å². The van der Waals surface area contributed by atoms with E-state index in [1.165, 1.54) is 4.57 Å². The van der Waals surface area contributed by atoms with E-state index in [2.05, 4.69) is 4.98 Å². The maximum absolute atomic E-state index is 8.77. The second-order valence-corrected chi connectivity index (χ2v) is 5.50. The molecule has 1 saturated heterocycles. The zero-order valence-corrected chi connectivity index (χ0v) is 12.9. The van der Waals surface area contributed by atoms with Crippen molar-refractivity contribution in [2.45, 2.75) is 25.8 Å². The predicted octanol–water partition coefficient (Wildman–Crippen LogP) is 4.33. The summed E-state index contributed by atoms with van der Waals surface area (Å²) in [7, 11) is 0. The molecule has 0 N–H and O–H groups in total. The number of aromatic nitrogens is 2. The lowest BCUT2D eigenvalue weighted by Gasteiger charge is -2.16. The molecule has 0 radical (unpaired) electrons. The number of hydrogen-bond donors (Lipinski definition) is 0. The summed E-state index contributed by atoms with van der Waals surface area (Å²) in [4.78, 5) is 5.46. The van der Waals surface area contributed by atoms with Crippen LogP contribution in [0.15, 0.2) is 48.4 Å². The predicted molar refractivity (Wildman–Crippen MR) is 94.8 cm³/mol. The summed E-state index contributed by atoms with van der Waals surface area (Å²) in [5.74, 6) is -0.149. The molecule has 1 fully saturated rings. The fourth-order valence-electron chi connectivity index (χ4n) is 2.46. The van der Waals surface area contributed by atoms with Gasteiger partial charge < -0.3 is 4.57 Å². The second-order valence-electron chi connectivity index (χ2n) is 5.12. The van der Waals surface area contributed by atoms with Crippen LogP contribution in [0.4, 0.5) is 0 Å². The normalized spacial score (nSPS) is 26.8. The lowest BCUT2D eigenvalue weighted by Crippen LogP contribution is -2.21. The Bertz CT molecular complexity index is 1210. The number of benzene rings is 2. The Morgan fingerprint density at radius 2 is 1.91 bits per heavy atom. The van der Waals surface area contributed by atoms with Gasteiger partial charge in [0.15, 0.2) is 0 Å². The highest BCUT2D eigenvalue weighted by Gasteiger charge is 2.17. The van der Waals surface area contributed by atoms with Crippen LogP contribution < -0.4 is 0 Å². The molecular formula is C19H20ClN3. The smallest absolute Gasteiger partial charge is 0.124 e. The molecule has 0 bridgehead atoms. The summed E-state index contributed by atoms with van der Waals surface area (Å²) in [6, 6.07) is 5.26. The van der Waals surface area contributed by atoms with E-state index in [4.69, 9.17) is 25.3 Å². The van der Waals surface area contributed by atoms with Gasteiger partial charge in [0.25, 0.3) is 0 Å². The minimum Gasteiger partial charge on any atom is -0.322 e. The number of para-hydroxylation sites is 2. The van der Waals surface area contributed by atoms with Crippen molar-refractivity contribution in [1.82, 2.24) is 14.5 Å². The standard InChI is InChI=1S/C19H20ClN3/c20-16-9-7-15(8-10-16)13-23-18-6-2-1-5-17(18)21-19(23)14-22-11-3-4-12-22/h1-2,5-10H,3-4,11-14H2/i3D2,4D2,7D,8D,9D,10D,14D2. The molecule has 4 rings (SSSR count). The summed E-state index contributed by atoms with van der Waals surface area (Å²) in [5.41, 5.74) is 0.904. The van der Waals surface area contributed by atoms with E-state index in [-0.39, 0.29) is 35.0 Å². The highest BCUT2D eigenvalue weighted by molar-refractivity contribution is 6.30. The minimum atomic E-state index is -2.39. The molecule has 0 atom stereocenters. The van der Waals surface area contributed by atoms with E-state index in [1.54, 1.807) is 24.3 Å². The summed E-state index contributed by atoms with van der Waals surface area (Å²) >= 11 is 5.91. The van der Waals surface area contributed by atoms with Gasteiger partial charge in [-0.15, -0.1) is 0 Å². The molecule has 3 nitrogen and oxygen atoms in total. The fourth-order valence-corrected chi connectivity index (χ4v) is 2.55. The molecule has 4 heteroatoms. The number of likely N-dealkylation sites (tertiary alicyclic amines) is 1. The average molecular weight is 336 g/mol. The first-order valence-electron chi connectivity index (χ1n) is 12.1. The summed E-state index contributed by atoms with van der Waals surface area (Å²) in [5, 5.41) is -0.304. The van der Waals surface area contributed by atoms with E-state index in [0.717, 1.165) is 4.90 Å². The molecule has 1 aliphatic heterocycles. The third-order valence-corrected chi connectivity index (χ3v) is 3.73. The van der Waals surface area contributed by atoms with E-state index in [0.29, 0.717) is 11.0 Å². The van der Waals surface area contributed by atoms with Crippen molar-refractivity contribution in [3.05, 3.63) is 64.8 Å². The van der Waals surface area contributed by atoms with E-state index in [9.17, 15) is 0 Å². The molecule has 1 aromatic heterocycles. The zero-order chi connectivity index (χ0) is 24.5. The topological polar surface area (TPSA) is 21.1 Å². The number of rotatable bonds is 4. The summed E-state index contributed by atoms with van der Waals surface area (Å²) in [6.45, 7) is -3.60. The van der Waals surface area contributed by atoms with E-state index in [1.807, 2.05) is 0 Å². The molecule has 0 unspecified atom stereocenters. The number of imidazole rings is 1. The molecule has 2 heterocycles. The van der Waals surface area contributed by atoms with Crippen molar-refractivity contribution in [2.75, 3.05) is 13.1 Å². The Balaban J connectivity index is 1.88. The quantitative estimate of drug-likeness (QED) is 0.707. The Hall–Kier alpha value is -1.84. The average Bonchev–Trinajstić information content (AvgIpc) is 3.22. The number of nitrogens with zero attached hydrogens (tertiary/aromatic N) is 3. The number of halogens is 1. The lowest BCUT2D eigenvalue weighted by molar-refractivity contribution is 0.318. The van der Waals surface area contributed by atoms with E-state index >= 15 is 0 Å². The highest BCUT2D eigenvalue weighted by atomic mass is 35.5. The molecule has 23 heavy (non-hydrogen) atoms. The van der Waals surface area contributed by atoms with Crippen molar-refractivity contribution in [2.24, 2.45) is 0 Å². The minimum absolute atomic E-state index is 0.00156. The first kappa shape index (κ1) is 7.37. The maximum atomic E-state index is 8.77. The van der Waals surface area contributed by atoms with Crippen molar-refractivity contribution < 1.29 is 13.7 Å². The van der Waals surface area contributed by atoms with Crippen molar-refractivity contribution in [1.29, 1.82) is 0 Å². The Labute approximate surface area is 155 Å². The molecule has 118 valence electrons. The number of hydrogen-bond acceptors (Lipinski definition) is 2. The van der Waals surface area contributed by atoms with Gasteiger partial charge in [-0.2, -0.15) is 0 Å². The molecule has 2 aromatic carbocycles. The van der Waals surface area contributed by atoms with Gasteiger partial charge in [0.1, 0.15) is 5.82 Å². The van der Waals surface area contributed by atoms with E-state index < -0.39 is 44.4 Å². The highest BCUT2D eigenvalue weighted by Crippen LogP contribution is 2.21. The van der Waals surface area contributed by atoms with Crippen LogP contribution in [0.5, 0.6) is 0 Å². The molecule has 3 aromatic rings. The number of fused-ring (bicyclic) bond motifs is 1.